The van der Waals surface area contributed by atoms with Gasteiger partial charge in [-0.15, -0.1) is 0 Å². The lowest BCUT2D eigenvalue weighted by Crippen LogP contribution is -2.56. The van der Waals surface area contributed by atoms with Gasteiger partial charge in [0.25, 0.3) is 5.91 Å². The Morgan fingerprint density at radius 3 is 2.27 bits per heavy atom. The summed E-state index contributed by atoms with van der Waals surface area (Å²) in [7, 11) is -3.65. The number of carbonyl (C=O) groups is 2. The monoisotopic (exact) mass is 423 g/mol. The van der Waals surface area contributed by atoms with E-state index in [4.69, 9.17) is 5.26 Å². The van der Waals surface area contributed by atoms with E-state index in [2.05, 4.69) is 0 Å². The number of piperidine rings is 1. The number of amides is 2. The number of rotatable bonds is 3. The van der Waals surface area contributed by atoms with Crippen molar-refractivity contribution in [2.75, 3.05) is 18.8 Å². The van der Waals surface area contributed by atoms with Crippen molar-refractivity contribution in [2.45, 2.75) is 24.3 Å². The first-order valence-electron chi connectivity index (χ1n) is 9.72. The first kappa shape index (κ1) is 20.1. The van der Waals surface area contributed by atoms with Crippen molar-refractivity contribution in [3.8, 4) is 6.07 Å². The van der Waals surface area contributed by atoms with Gasteiger partial charge in [-0.05, 0) is 29.8 Å². The van der Waals surface area contributed by atoms with Crippen molar-refractivity contribution in [2.24, 2.45) is 0 Å². The summed E-state index contributed by atoms with van der Waals surface area (Å²) >= 11 is 0. The van der Waals surface area contributed by atoms with Gasteiger partial charge in [0.15, 0.2) is 9.84 Å². The molecule has 8 heteroatoms. The molecule has 154 valence electrons. The quantitative estimate of drug-likeness (QED) is 0.751. The summed E-state index contributed by atoms with van der Waals surface area (Å²) in [5, 5.41) is 8.90. The molecule has 2 aliphatic heterocycles. The Morgan fingerprint density at radius 1 is 1.03 bits per heavy atom. The van der Waals surface area contributed by atoms with Crippen LogP contribution in [-0.2, 0) is 21.2 Å². The summed E-state index contributed by atoms with van der Waals surface area (Å²) in [5.74, 6) is -1.07. The van der Waals surface area contributed by atoms with E-state index in [0.29, 0.717) is 11.1 Å². The third-order valence-corrected chi connectivity index (χ3v) is 8.38. The van der Waals surface area contributed by atoms with Crippen LogP contribution in [0.15, 0.2) is 54.6 Å². The molecule has 0 aliphatic carbocycles. The zero-order valence-electron chi connectivity index (χ0n) is 16.3. The summed E-state index contributed by atoms with van der Waals surface area (Å²) in [6.45, 7) is 0.732. The smallest absolute Gasteiger partial charge is 0.253 e. The highest BCUT2D eigenvalue weighted by atomic mass is 32.2. The predicted molar refractivity (Wildman–Crippen MR) is 110 cm³/mol. The number of carbonyl (C=O) groups excluding carboxylic acids is 2. The molecular weight excluding hydrogens is 402 g/mol. The number of likely N-dealkylation sites (tertiary alicyclic amines) is 1. The molecule has 2 aromatic rings. The molecule has 30 heavy (non-hydrogen) atoms. The van der Waals surface area contributed by atoms with Crippen LogP contribution in [0.3, 0.4) is 0 Å². The lowest BCUT2D eigenvalue weighted by molar-refractivity contribution is -0.131. The minimum absolute atomic E-state index is 0.190. The highest BCUT2D eigenvalue weighted by Crippen LogP contribution is 2.41. The normalized spacial score (nSPS) is 19.6. The number of nitriles is 1. The average Bonchev–Trinajstić information content (AvgIpc) is 2.94. The van der Waals surface area contributed by atoms with Crippen molar-refractivity contribution >= 4 is 21.7 Å². The molecule has 2 heterocycles. The standard InChI is InChI=1S/C22H21N3O4S/c23-14-17-6-8-19(9-7-17)21(27)24-12-10-22(11-13-24)25(20(26)16-30(22,28)29)15-18-4-2-1-3-5-18/h1-9H,10-13,15-16H2. The molecule has 7 nitrogen and oxygen atoms in total. The Balaban J connectivity index is 1.54. The maximum atomic E-state index is 13.0. The van der Waals surface area contributed by atoms with Gasteiger partial charge in [0.1, 0.15) is 10.6 Å². The Labute approximate surface area is 175 Å². The van der Waals surface area contributed by atoms with Gasteiger partial charge >= 0.3 is 0 Å². The van der Waals surface area contributed by atoms with E-state index in [1.165, 1.54) is 4.90 Å². The van der Waals surface area contributed by atoms with E-state index in [0.717, 1.165) is 5.56 Å². The minimum atomic E-state index is -3.65. The zero-order valence-corrected chi connectivity index (χ0v) is 17.1. The van der Waals surface area contributed by atoms with E-state index in [9.17, 15) is 18.0 Å². The predicted octanol–water partition coefficient (Wildman–Crippen LogP) is 1.95. The molecule has 2 aliphatic rings. The molecule has 0 radical (unpaired) electrons. The van der Waals surface area contributed by atoms with E-state index >= 15 is 0 Å². The molecule has 0 atom stereocenters. The van der Waals surface area contributed by atoms with Gasteiger partial charge in [0, 0.05) is 38.0 Å². The van der Waals surface area contributed by atoms with Gasteiger partial charge in [-0.2, -0.15) is 5.26 Å². The fraction of sp³-hybridized carbons (Fsp3) is 0.318. The highest BCUT2D eigenvalue weighted by molar-refractivity contribution is 7.93. The summed E-state index contributed by atoms with van der Waals surface area (Å²) in [6.07, 6.45) is 0.381. The molecule has 0 unspecified atom stereocenters. The van der Waals surface area contributed by atoms with E-state index in [-0.39, 0.29) is 44.3 Å². The molecule has 2 saturated heterocycles. The maximum Gasteiger partial charge on any atom is 0.253 e. The van der Waals surface area contributed by atoms with Crippen LogP contribution >= 0.6 is 0 Å². The molecule has 2 fully saturated rings. The largest absolute Gasteiger partial charge is 0.338 e. The number of benzene rings is 2. The topological polar surface area (TPSA) is 98.5 Å². The fourth-order valence-electron chi connectivity index (χ4n) is 4.28. The lowest BCUT2D eigenvalue weighted by Gasteiger charge is -2.43. The molecule has 2 amide bonds. The average molecular weight is 423 g/mol. The van der Waals surface area contributed by atoms with Crippen LogP contribution in [0, 0.1) is 11.3 Å². The second-order valence-corrected chi connectivity index (χ2v) is 9.93. The molecule has 4 rings (SSSR count). The molecule has 0 bridgehead atoms. The molecule has 0 N–H and O–H groups in total. The highest BCUT2D eigenvalue weighted by Gasteiger charge is 2.58. The van der Waals surface area contributed by atoms with E-state index < -0.39 is 20.5 Å². The second-order valence-electron chi connectivity index (χ2n) is 7.65. The van der Waals surface area contributed by atoms with Crippen LogP contribution in [0.1, 0.15) is 34.3 Å². The van der Waals surface area contributed by atoms with Crippen molar-refractivity contribution < 1.29 is 18.0 Å². The van der Waals surface area contributed by atoms with Crippen molar-refractivity contribution in [3.63, 3.8) is 0 Å². The molecule has 1 spiro atoms. The van der Waals surface area contributed by atoms with Crippen molar-refractivity contribution in [3.05, 3.63) is 71.3 Å². The number of sulfone groups is 1. The Kier molecular flexibility index (Phi) is 5.08. The summed E-state index contributed by atoms with van der Waals surface area (Å²) in [6, 6.07) is 17.7. The lowest BCUT2D eigenvalue weighted by atomic mass is 10.00. The van der Waals surface area contributed by atoms with E-state index in [1.807, 2.05) is 36.4 Å². The summed E-state index contributed by atoms with van der Waals surface area (Å²) < 4.78 is 25.9. The van der Waals surface area contributed by atoms with Crippen LogP contribution in [0.5, 0.6) is 0 Å². The summed E-state index contributed by atoms with van der Waals surface area (Å²) in [5.41, 5.74) is 1.80. The second kappa shape index (κ2) is 7.58. The van der Waals surface area contributed by atoms with Gasteiger partial charge in [-0.1, -0.05) is 30.3 Å². The van der Waals surface area contributed by atoms with Crippen LogP contribution in [0.4, 0.5) is 0 Å². The molecule has 0 saturated carbocycles. The van der Waals surface area contributed by atoms with Gasteiger partial charge in [-0.3, -0.25) is 9.59 Å². The Hall–Kier alpha value is -3.18. The maximum absolute atomic E-state index is 13.0. The van der Waals surface area contributed by atoms with Crippen molar-refractivity contribution in [1.29, 1.82) is 5.26 Å². The Bertz CT molecular complexity index is 1110. The third-order valence-electron chi connectivity index (χ3n) is 5.96. The molecule has 0 aromatic heterocycles. The number of hydrogen-bond donors (Lipinski definition) is 0. The van der Waals surface area contributed by atoms with E-state index in [1.54, 1.807) is 29.2 Å². The first-order valence-corrected chi connectivity index (χ1v) is 11.4. The first-order chi connectivity index (χ1) is 14.4. The van der Waals surface area contributed by atoms with Crippen molar-refractivity contribution in [1.82, 2.24) is 9.80 Å². The fourth-order valence-corrected chi connectivity index (χ4v) is 6.33. The third kappa shape index (κ3) is 3.35. The van der Waals surface area contributed by atoms with Crippen LogP contribution in [0.25, 0.3) is 0 Å². The SMILES string of the molecule is N#Cc1ccc(C(=O)N2CCC3(CC2)N(Cc2ccccc2)C(=O)CS3(=O)=O)cc1. The summed E-state index contributed by atoms with van der Waals surface area (Å²) in [4.78, 5) is 27.3. The van der Waals surface area contributed by atoms with Gasteiger partial charge in [0.2, 0.25) is 5.91 Å². The molecular formula is C22H21N3O4S. The molecule has 2 aromatic carbocycles. The minimum Gasteiger partial charge on any atom is -0.338 e. The van der Waals surface area contributed by atoms with Crippen LogP contribution < -0.4 is 0 Å². The van der Waals surface area contributed by atoms with Crippen LogP contribution in [0.2, 0.25) is 0 Å². The zero-order chi connectivity index (χ0) is 21.4. The number of hydrogen-bond acceptors (Lipinski definition) is 5. The van der Waals surface area contributed by atoms with Gasteiger partial charge < -0.3 is 9.80 Å². The van der Waals surface area contributed by atoms with Crippen LogP contribution in [-0.4, -0.2) is 53.7 Å². The van der Waals surface area contributed by atoms with Gasteiger partial charge in [-0.25, -0.2) is 8.42 Å². The van der Waals surface area contributed by atoms with Gasteiger partial charge in [0.05, 0.1) is 11.6 Å². The number of nitrogens with zero attached hydrogens (tertiary/aromatic N) is 3. The Morgan fingerprint density at radius 2 is 1.67 bits per heavy atom.